The Morgan fingerprint density at radius 2 is 2.43 bits per heavy atom. The summed E-state index contributed by atoms with van der Waals surface area (Å²) in [5.41, 5.74) is 5.91. The van der Waals surface area contributed by atoms with Gasteiger partial charge in [0.25, 0.3) is 5.91 Å². The van der Waals surface area contributed by atoms with E-state index in [9.17, 15) is 4.79 Å². The molecular formula is C8H12N4OS. The van der Waals surface area contributed by atoms with Crippen LogP contribution in [0.25, 0.3) is 0 Å². The molecule has 0 unspecified atom stereocenters. The zero-order valence-corrected chi connectivity index (χ0v) is 8.67. The Kier molecular flexibility index (Phi) is 4.21. The van der Waals surface area contributed by atoms with Crippen molar-refractivity contribution >= 4 is 17.4 Å². The van der Waals surface area contributed by atoms with Crippen molar-refractivity contribution in [2.75, 3.05) is 13.1 Å². The summed E-state index contributed by atoms with van der Waals surface area (Å²) in [6.45, 7) is 2.72. The number of aromatic nitrogens is 2. The second-order valence-corrected chi connectivity index (χ2v) is 3.36. The number of hydrogen-bond acceptors (Lipinski definition) is 5. The minimum Gasteiger partial charge on any atom is -0.348 e. The Bertz CT molecular complexity index is 334. The summed E-state index contributed by atoms with van der Waals surface area (Å²) in [4.78, 5) is 12.0. The zero-order valence-electron chi connectivity index (χ0n) is 7.86. The van der Waals surface area contributed by atoms with Crippen LogP contribution in [0.4, 0.5) is 0 Å². The third-order valence-corrected chi connectivity index (χ3v) is 2.37. The molecule has 3 N–H and O–H groups in total. The van der Waals surface area contributed by atoms with Crippen molar-refractivity contribution < 1.29 is 4.79 Å². The predicted molar refractivity (Wildman–Crippen MR) is 55.2 cm³/mol. The Labute approximate surface area is 86.2 Å². The van der Waals surface area contributed by atoms with Gasteiger partial charge in [-0.3, -0.25) is 4.79 Å². The lowest BCUT2D eigenvalue weighted by Gasteiger charge is -1.98. The summed E-state index contributed by atoms with van der Waals surface area (Å²) in [7, 11) is 0. The smallest absolute Gasteiger partial charge is 0.265 e. The molecular weight excluding hydrogens is 200 g/mol. The lowest BCUT2D eigenvalue weighted by Crippen LogP contribution is -2.23. The van der Waals surface area contributed by atoms with Crippen molar-refractivity contribution in [2.45, 2.75) is 6.92 Å². The second kappa shape index (κ2) is 5.46. The van der Waals surface area contributed by atoms with Gasteiger partial charge in [-0.25, -0.2) is 0 Å². The molecule has 14 heavy (non-hydrogen) atoms. The Morgan fingerprint density at radius 3 is 3.00 bits per heavy atom. The summed E-state index contributed by atoms with van der Waals surface area (Å²) >= 11 is 1.10. The molecule has 0 aliphatic heterocycles. The van der Waals surface area contributed by atoms with E-state index in [4.69, 9.17) is 5.73 Å². The molecule has 5 nitrogen and oxygen atoms in total. The van der Waals surface area contributed by atoms with E-state index in [0.717, 1.165) is 11.5 Å². The minimum absolute atomic E-state index is 0.140. The minimum atomic E-state index is -0.140. The number of aryl methyl sites for hydroxylation is 1. The predicted octanol–water partition coefficient (Wildman–Crippen LogP) is 0.0912. The van der Waals surface area contributed by atoms with Crippen LogP contribution < -0.4 is 11.1 Å². The summed E-state index contributed by atoms with van der Waals surface area (Å²) in [5, 5.41) is 6.46. The van der Waals surface area contributed by atoms with E-state index in [2.05, 4.69) is 14.9 Å². The van der Waals surface area contributed by atoms with E-state index < -0.39 is 0 Å². The normalized spacial score (nSPS) is 10.7. The Hall–Kier alpha value is -1.27. The Balaban J connectivity index is 2.44. The third-order valence-electron chi connectivity index (χ3n) is 1.54. The van der Waals surface area contributed by atoms with Crippen LogP contribution in [-0.4, -0.2) is 28.6 Å². The van der Waals surface area contributed by atoms with Crippen LogP contribution in [-0.2, 0) is 0 Å². The molecule has 0 aromatic carbocycles. The number of carbonyl (C=O) groups is 1. The highest BCUT2D eigenvalue weighted by molar-refractivity contribution is 7.07. The maximum absolute atomic E-state index is 11.4. The first kappa shape index (κ1) is 10.8. The van der Waals surface area contributed by atoms with Gasteiger partial charge >= 0.3 is 0 Å². The average molecular weight is 212 g/mol. The Morgan fingerprint density at radius 1 is 1.64 bits per heavy atom. The van der Waals surface area contributed by atoms with Crippen molar-refractivity contribution in [3.05, 3.63) is 22.7 Å². The topological polar surface area (TPSA) is 80.9 Å². The molecule has 76 valence electrons. The van der Waals surface area contributed by atoms with Crippen LogP contribution in [0.5, 0.6) is 0 Å². The van der Waals surface area contributed by atoms with Gasteiger partial charge in [-0.05, 0) is 18.5 Å². The number of hydrogen-bond donors (Lipinski definition) is 2. The molecule has 0 saturated carbocycles. The van der Waals surface area contributed by atoms with Gasteiger partial charge in [0.2, 0.25) is 0 Å². The first-order valence-corrected chi connectivity index (χ1v) is 4.95. The lowest BCUT2D eigenvalue weighted by molar-refractivity contribution is 0.0961. The molecule has 6 heteroatoms. The van der Waals surface area contributed by atoms with Gasteiger partial charge in [0.05, 0.1) is 5.69 Å². The van der Waals surface area contributed by atoms with Crippen LogP contribution in [0.15, 0.2) is 12.2 Å². The first-order chi connectivity index (χ1) is 6.75. The molecule has 1 rings (SSSR count). The van der Waals surface area contributed by atoms with Gasteiger partial charge in [-0.1, -0.05) is 16.6 Å². The molecule has 1 aromatic heterocycles. The summed E-state index contributed by atoms with van der Waals surface area (Å²) in [6.07, 6.45) is 3.60. The van der Waals surface area contributed by atoms with Gasteiger partial charge < -0.3 is 11.1 Å². The molecule has 0 spiro atoms. The van der Waals surface area contributed by atoms with Gasteiger partial charge in [-0.15, -0.1) is 5.10 Å². The maximum Gasteiger partial charge on any atom is 0.265 e. The van der Waals surface area contributed by atoms with E-state index in [1.807, 2.05) is 6.08 Å². The number of nitrogens with zero attached hydrogens (tertiary/aromatic N) is 2. The summed E-state index contributed by atoms with van der Waals surface area (Å²) in [6, 6.07) is 0. The molecule has 0 aliphatic rings. The van der Waals surface area contributed by atoms with Crippen LogP contribution in [0.2, 0.25) is 0 Å². The quantitative estimate of drug-likeness (QED) is 0.693. The molecule has 0 radical (unpaired) electrons. The average Bonchev–Trinajstić information content (AvgIpc) is 2.59. The second-order valence-electron chi connectivity index (χ2n) is 2.60. The van der Waals surface area contributed by atoms with Crippen molar-refractivity contribution in [1.29, 1.82) is 0 Å². The molecule has 0 saturated heterocycles. The molecule has 1 amide bonds. The summed E-state index contributed by atoms with van der Waals surface area (Å²) in [5.74, 6) is -0.140. The summed E-state index contributed by atoms with van der Waals surface area (Å²) < 4.78 is 3.68. The third kappa shape index (κ3) is 2.90. The number of nitrogens with one attached hydrogen (secondary N) is 1. The molecule has 0 fully saturated rings. The highest BCUT2D eigenvalue weighted by Gasteiger charge is 2.11. The first-order valence-electron chi connectivity index (χ1n) is 4.18. The van der Waals surface area contributed by atoms with Crippen LogP contribution in [0.1, 0.15) is 15.4 Å². The number of nitrogens with two attached hydrogens (primary N) is 1. The monoisotopic (exact) mass is 212 g/mol. The number of amides is 1. The van der Waals surface area contributed by atoms with Crippen molar-refractivity contribution in [2.24, 2.45) is 5.73 Å². The fourth-order valence-corrected chi connectivity index (χ4v) is 1.42. The van der Waals surface area contributed by atoms with E-state index in [1.165, 1.54) is 0 Å². The van der Waals surface area contributed by atoms with E-state index in [1.54, 1.807) is 13.0 Å². The van der Waals surface area contributed by atoms with Gasteiger partial charge in [0, 0.05) is 13.1 Å². The van der Waals surface area contributed by atoms with Gasteiger partial charge in [-0.2, -0.15) is 0 Å². The van der Waals surface area contributed by atoms with Crippen LogP contribution in [0.3, 0.4) is 0 Å². The van der Waals surface area contributed by atoms with Crippen LogP contribution >= 0.6 is 11.5 Å². The van der Waals surface area contributed by atoms with Crippen molar-refractivity contribution in [3.63, 3.8) is 0 Å². The molecule has 0 aliphatic carbocycles. The maximum atomic E-state index is 11.4. The lowest BCUT2D eigenvalue weighted by atomic mass is 10.3. The number of rotatable bonds is 4. The standard InChI is InChI=1S/C8H12N4OS/c1-6-7(14-12-11-6)8(13)10-5-3-2-4-9/h2-3H,4-5,9H2,1H3,(H,10,13)/b3-2+. The molecule has 0 bridgehead atoms. The van der Waals surface area contributed by atoms with Gasteiger partial charge in [0.1, 0.15) is 4.88 Å². The van der Waals surface area contributed by atoms with E-state index in [-0.39, 0.29) is 5.91 Å². The van der Waals surface area contributed by atoms with E-state index >= 15 is 0 Å². The fourth-order valence-electron chi connectivity index (χ4n) is 0.851. The molecule has 1 heterocycles. The molecule has 1 aromatic rings. The van der Waals surface area contributed by atoms with Crippen molar-refractivity contribution in [3.8, 4) is 0 Å². The number of carbonyl (C=O) groups excluding carboxylic acids is 1. The van der Waals surface area contributed by atoms with Crippen molar-refractivity contribution in [1.82, 2.24) is 14.9 Å². The SMILES string of the molecule is Cc1nnsc1C(=O)NC/C=C/CN. The van der Waals surface area contributed by atoms with Gasteiger partial charge in [0.15, 0.2) is 0 Å². The highest BCUT2D eigenvalue weighted by Crippen LogP contribution is 2.07. The fraction of sp³-hybridized carbons (Fsp3) is 0.375. The zero-order chi connectivity index (χ0) is 10.4. The van der Waals surface area contributed by atoms with E-state index in [0.29, 0.717) is 23.7 Å². The van der Waals surface area contributed by atoms with Crippen LogP contribution in [0, 0.1) is 6.92 Å². The largest absolute Gasteiger partial charge is 0.348 e. The highest BCUT2D eigenvalue weighted by atomic mass is 32.1. The molecule has 0 atom stereocenters.